The second-order valence-electron chi connectivity index (χ2n) is 15.9. The third-order valence-electron chi connectivity index (χ3n) is 11.2. The van der Waals surface area contributed by atoms with Gasteiger partial charge in [-0.3, -0.25) is 4.90 Å². The first-order valence-electron chi connectivity index (χ1n) is 18.2. The summed E-state index contributed by atoms with van der Waals surface area (Å²) in [5, 5.41) is 25.8. The van der Waals surface area contributed by atoms with Crippen molar-refractivity contribution in [2.45, 2.75) is 76.3 Å². The molecule has 4 atom stereocenters. The van der Waals surface area contributed by atoms with Gasteiger partial charge in [0, 0.05) is 80.8 Å². The average Bonchev–Trinajstić information content (AvgIpc) is 3.81. The summed E-state index contributed by atoms with van der Waals surface area (Å²) >= 11 is 0. The van der Waals surface area contributed by atoms with Crippen LogP contribution in [0.1, 0.15) is 57.6 Å². The molecule has 0 aromatic carbocycles. The molecule has 4 unspecified atom stereocenters. The molecule has 1 saturated carbocycles. The summed E-state index contributed by atoms with van der Waals surface area (Å²) in [4.78, 5) is 28.5. The number of hydrogen-bond acceptors (Lipinski definition) is 11. The van der Waals surface area contributed by atoms with Gasteiger partial charge in [-0.25, -0.2) is 19.3 Å². The maximum atomic E-state index is 12.6. The van der Waals surface area contributed by atoms with E-state index in [2.05, 4.69) is 44.2 Å². The minimum Gasteiger partial charge on any atom is -0.492 e. The second-order valence-corrected chi connectivity index (χ2v) is 15.9. The Morgan fingerprint density at radius 3 is 2.44 bits per heavy atom. The molecule has 5 fully saturated rings. The number of nitriles is 1. The van der Waals surface area contributed by atoms with Crippen molar-refractivity contribution in [2.75, 3.05) is 44.8 Å². The molecular formula is C39H46N8O5. The van der Waals surface area contributed by atoms with E-state index in [1.165, 1.54) is 12.0 Å². The highest BCUT2D eigenvalue weighted by Gasteiger charge is 2.49. The minimum atomic E-state index is -0.847. The van der Waals surface area contributed by atoms with Crippen molar-refractivity contribution in [2.24, 2.45) is 11.8 Å². The Morgan fingerprint density at radius 2 is 1.81 bits per heavy atom. The van der Waals surface area contributed by atoms with Crippen molar-refractivity contribution >= 4 is 17.4 Å². The molecule has 4 aromatic rings. The molecule has 13 heteroatoms. The molecule has 4 saturated heterocycles. The van der Waals surface area contributed by atoms with E-state index in [0.717, 1.165) is 36.6 Å². The van der Waals surface area contributed by atoms with Crippen molar-refractivity contribution in [3.63, 3.8) is 0 Å². The van der Waals surface area contributed by atoms with Crippen molar-refractivity contribution in [1.82, 2.24) is 29.4 Å². The summed E-state index contributed by atoms with van der Waals surface area (Å²) in [7, 11) is 1.63. The summed E-state index contributed by atoms with van der Waals surface area (Å²) < 4.78 is 18.7. The molecule has 5 aliphatic rings. The third-order valence-corrected chi connectivity index (χ3v) is 11.2. The average molecular weight is 707 g/mol. The molecule has 8 heterocycles. The van der Waals surface area contributed by atoms with E-state index in [-0.39, 0.29) is 17.9 Å². The number of anilines is 1. The van der Waals surface area contributed by atoms with Crippen LogP contribution in [0, 0.1) is 23.2 Å². The van der Waals surface area contributed by atoms with E-state index >= 15 is 0 Å². The number of nitrogens with zero attached hydrogens (tertiary/aromatic N) is 8. The van der Waals surface area contributed by atoms with Crippen LogP contribution in [-0.4, -0.2) is 104 Å². The Morgan fingerprint density at radius 1 is 1.04 bits per heavy atom. The molecule has 1 aliphatic carbocycles. The highest BCUT2D eigenvalue weighted by Crippen LogP contribution is 2.46. The van der Waals surface area contributed by atoms with Crippen LogP contribution in [0.5, 0.6) is 11.6 Å². The van der Waals surface area contributed by atoms with Crippen LogP contribution in [0.2, 0.25) is 0 Å². The van der Waals surface area contributed by atoms with Crippen LogP contribution >= 0.6 is 0 Å². The SMILES string of the molecule is COc1ccc(CN2C3CC2CN(c2ccc(-c4cc(OCCC5(O)CC6CN(C(=O)OC(C)(C)C)CC6C5)cn5ncc(C#N)c45)cn2)C3)cn1. The number of fused-ring (bicyclic) bond motifs is 4. The van der Waals surface area contributed by atoms with Gasteiger partial charge >= 0.3 is 6.09 Å². The van der Waals surface area contributed by atoms with Crippen LogP contribution in [0.4, 0.5) is 10.6 Å². The Hall–Kier alpha value is -4.93. The topological polar surface area (TPSA) is 142 Å². The molecule has 4 aromatic heterocycles. The number of piperazine rings is 1. The predicted molar refractivity (Wildman–Crippen MR) is 193 cm³/mol. The monoisotopic (exact) mass is 706 g/mol. The number of pyridine rings is 3. The number of rotatable bonds is 9. The summed E-state index contributed by atoms with van der Waals surface area (Å²) in [6.45, 7) is 9.86. The Labute approximate surface area is 303 Å². The predicted octanol–water partition coefficient (Wildman–Crippen LogP) is 4.91. The van der Waals surface area contributed by atoms with E-state index in [9.17, 15) is 15.2 Å². The lowest BCUT2D eigenvalue weighted by Gasteiger charge is -2.56. The fraction of sp³-hybridized carbons (Fsp3) is 0.513. The third kappa shape index (κ3) is 6.73. The number of methoxy groups -OCH3 is 1. The lowest BCUT2D eigenvalue weighted by molar-refractivity contribution is -0.00876. The van der Waals surface area contributed by atoms with Gasteiger partial charge in [-0.15, -0.1) is 0 Å². The van der Waals surface area contributed by atoms with E-state index in [1.54, 1.807) is 28.9 Å². The molecule has 0 spiro atoms. The smallest absolute Gasteiger partial charge is 0.410 e. The lowest BCUT2D eigenvalue weighted by atomic mass is 9.87. The molecule has 272 valence electrons. The Kier molecular flexibility index (Phi) is 8.70. The molecule has 13 nitrogen and oxygen atoms in total. The largest absolute Gasteiger partial charge is 0.492 e. The van der Waals surface area contributed by atoms with Gasteiger partial charge in [0.05, 0.1) is 42.8 Å². The van der Waals surface area contributed by atoms with Crippen LogP contribution in [0.15, 0.2) is 55.1 Å². The van der Waals surface area contributed by atoms with Gasteiger partial charge in [0.2, 0.25) is 5.88 Å². The normalized spacial score (nSPS) is 25.5. The van der Waals surface area contributed by atoms with Crippen molar-refractivity contribution in [3.05, 3.63) is 66.2 Å². The first kappa shape index (κ1) is 34.2. The van der Waals surface area contributed by atoms with Crippen LogP contribution in [0.3, 0.4) is 0 Å². The maximum absolute atomic E-state index is 12.6. The van der Waals surface area contributed by atoms with Crippen LogP contribution in [-0.2, 0) is 11.3 Å². The molecule has 1 N–H and O–H groups in total. The van der Waals surface area contributed by atoms with Crippen LogP contribution in [0.25, 0.3) is 16.6 Å². The van der Waals surface area contributed by atoms with E-state index in [1.807, 2.05) is 45.3 Å². The fourth-order valence-corrected chi connectivity index (χ4v) is 8.68. The molecule has 52 heavy (non-hydrogen) atoms. The number of carbonyl (C=O) groups is 1. The number of hydrogen-bond donors (Lipinski definition) is 1. The molecule has 1 amide bonds. The van der Waals surface area contributed by atoms with Crippen LogP contribution < -0.4 is 14.4 Å². The number of amides is 1. The number of aliphatic hydroxyl groups is 1. The molecule has 4 aliphatic heterocycles. The van der Waals surface area contributed by atoms with Gasteiger partial charge in [-0.2, -0.15) is 10.4 Å². The first-order valence-corrected chi connectivity index (χ1v) is 18.2. The first-order chi connectivity index (χ1) is 25.0. The van der Waals surface area contributed by atoms with Crippen molar-refractivity contribution in [1.29, 1.82) is 5.26 Å². The minimum absolute atomic E-state index is 0.246. The Balaban J connectivity index is 0.905. The summed E-state index contributed by atoms with van der Waals surface area (Å²) in [6, 6.07) is 13.2. The number of likely N-dealkylation sites (tertiary alicyclic amines) is 1. The molecule has 0 radical (unpaired) electrons. The number of aromatic nitrogens is 4. The van der Waals surface area contributed by atoms with Gasteiger partial charge in [0.15, 0.2) is 0 Å². The summed E-state index contributed by atoms with van der Waals surface area (Å²) in [6.07, 6.45) is 9.75. The van der Waals surface area contributed by atoms with E-state index < -0.39 is 11.2 Å². The number of ether oxygens (including phenoxy) is 3. The number of carbonyl (C=O) groups excluding carboxylic acids is 1. The molecule has 9 rings (SSSR count). The standard InChI is InChI=1S/C39H46N8O5/c1-38(2,3)52-37(48)45-20-27-13-39(49,14-28(27)21-45)9-10-51-32-12-33(36-29(15-40)18-43-47(36)24-32)26-6-7-34(41-17-26)44-22-30-11-31(23-44)46(30)19-25-5-8-35(50-4)42-16-25/h5-8,12,16-18,24,27-28,30-31,49H,9-11,13-14,19-23H2,1-4H3. The van der Waals surface area contributed by atoms with Gasteiger partial charge in [-0.05, 0) is 75.6 Å². The van der Waals surface area contributed by atoms with Crippen molar-refractivity contribution in [3.8, 4) is 28.8 Å². The van der Waals surface area contributed by atoms with Gasteiger partial charge in [-0.1, -0.05) is 6.07 Å². The van der Waals surface area contributed by atoms with E-state index in [4.69, 9.17) is 19.2 Å². The van der Waals surface area contributed by atoms with Gasteiger partial charge in [0.25, 0.3) is 0 Å². The zero-order valence-corrected chi connectivity index (χ0v) is 30.2. The van der Waals surface area contributed by atoms with Gasteiger partial charge in [0.1, 0.15) is 23.2 Å². The number of piperidine rings is 1. The van der Waals surface area contributed by atoms with Gasteiger partial charge < -0.3 is 29.1 Å². The summed E-state index contributed by atoms with van der Waals surface area (Å²) in [5.74, 6) is 2.65. The zero-order valence-electron chi connectivity index (χ0n) is 30.2. The lowest BCUT2D eigenvalue weighted by Crippen LogP contribution is -2.68. The molecule has 2 bridgehead atoms. The molecular weight excluding hydrogens is 660 g/mol. The quantitative estimate of drug-likeness (QED) is 0.254. The van der Waals surface area contributed by atoms with E-state index in [0.29, 0.717) is 73.8 Å². The summed E-state index contributed by atoms with van der Waals surface area (Å²) in [5.41, 5.74) is 2.65. The second kappa shape index (κ2) is 13.2. The maximum Gasteiger partial charge on any atom is 0.410 e. The highest BCUT2D eigenvalue weighted by molar-refractivity contribution is 5.85. The van der Waals surface area contributed by atoms with Crippen molar-refractivity contribution < 1.29 is 24.1 Å². The Bertz CT molecular complexity index is 1960. The fourth-order valence-electron chi connectivity index (χ4n) is 8.68. The zero-order chi connectivity index (χ0) is 36.2. The highest BCUT2D eigenvalue weighted by atomic mass is 16.6.